The van der Waals surface area contributed by atoms with E-state index in [9.17, 15) is 4.79 Å². The number of hydrogen-bond acceptors (Lipinski definition) is 2. The molecule has 2 amide bonds. The first-order valence-corrected chi connectivity index (χ1v) is 6.62. The molecule has 3 fully saturated rings. The summed E-state index contributed by atoms with van der Waals surface area (Å²) in [7, 11) is 0. The Hall–Kier alpha value is -0.770. The predicted octanol–water partition coefficient (Wildman–Crippen LogP) is 0.932. The van der Waals surface area contributed by atoms with Crippen LogP contribution in [-0.4, -0.2) is 42.6 Å². The molecule has 2 saturated heterocycles. The smallest absolute Gasteiger partial charge is 0.318 e. The Bertz CT molecular complexity index is 271. The highest BCUT2D eigenvalue weighted by Gasteiger charge is 2.39. The summed E-state index contributed by atoms with van der Waals surface area (Å²) in [6.45, 7) is 3.03. The molecule has 1 aliphatic carbocycles. The van der Waals surface area contributed by atoms with Crippen molar-refractivity contribution in [2.75, 3.05) is 19.6 Å². The van der Waals surface area contributed by atoms with E-state index in [1.54, 1.807) is 0 Å². The number of amides is 2. The lowest BCUT2D eigenvalue weighted by atomic mass is 9.80. The number of rotatable bonds is 2. The monoisotopic (exact) mass is 223 g/mol. The Labute approximate surface area is 96.8 Å². The van der Waals surface area contributed by atoms with Crippen LogP contribution in [0.25, 0.3) is 0 Å². The molecule has 2 unspecified atom stereocenters. The molecule has 2 heterocycles. The molecule has 0 radical (unpaired) electrons. The molecule has 2 atom stereocenters. The van der Waals surface area contributed by atoms with Crippen molar-refractivity contribution in [1.29, 1.82) is 0 Å². The summed E-state index contributed by atoms with van der Waals surface area (Å²) < 4.78 is 0. The summed E-state index contributed by atoms with van der Waals surface area (Å²) >= 11 is 0. The molecule has 0 spiro atoms. The van der Waals surface area contributed by atoms with E-state index in [2.05, 4.69) is 15.5 Å². The molecular weight excluding hydrogens is 202 g/mol. The van der Waals surface area contributed by atoms with Crippen molar-refractivity contribution in [3.8, 4) is 0 Å². The van der Waals surface area contributed by atoms with Gasteiger partial charge in [-0.05, 0) is 38.1 Å². The maximum atomic E-state index is 11.9. The van der Waals surface area contributed by atoms with E-state index < -0.39 is 0 Å². The summed E-state index contributed by atoms with van der Waals surface area (Å²) in [5.41, 5.74) is 0. The van der Waals surface area contributed by atoms with Crippen LogP contribution in [0.4, 0.5) is 4.79 Å². The van der Waals surface area contributed by atoms with Crippen LogP contribution in [0.2, 0.25) is 0 Å². The second kappa shape index (κ2) is 4.24. The minimum Gasteiger partial charge on any atom is -0.333 e. The molecule has 16 heavy (non-hydrogen) atoms. The molecule has 2 N–H and O–H groups in total. The summed E-state index contributed by atoms with van der Waals surface area (Å²) in [6.07, 6.45) is 6.33. The standard InChI is InChI=1S/C12H21N3O/c16-12-14-11(9-3-1-4-9)8-15(12)10-5-2-6-13-7-10/h9-11,13H,1-8H2,(H,14,16). The highest BCUT2D eigenvalue weighted by Crippen LogP contribution is 2.32. The predicted molar refractivity (Wildman–Crippen MR) is 62.3 cm³/mol. The maximum Gasteiger partial charge on any atom is 0.318 e. The molecular formula is C12H21N3O. The van der Waals surface area contributed by atoms with Gasteiger partial charge in [0, 0.05) is 19.1 Å². The lowest BCUT2D eigenvalue weighted by Crippen LogP contribution is -2.47. The molecule has 2 aliphatic heterocycles. The third kappa shape index (κ3) is 1.79. The molecule has 1 saturated carbocycles. The van der Waals surface area contributed by atoms with E-state index in [-0.39, 0.29) is 6.03 Å². The average molecular weight is 223 g/mol. The van der Waals surface area contributed by atoms with Crippen LogP contribution in [-0.2, 0) is 0 Å². The normalized spacial score (nSPS) is 36.0. The van der Waals surface area contributed by atoms with Gasteiger partial charge in [0.25, 0.3) is 0 Å². The van der Waals surface area contributed by atoms with Gasteiger partial charge in [-0.15, -0.1) is 0 Å². The third-order valence-electron chi connectivity index (χ3n) is 4.39. The van der Waals surface area contributed by atoms with Crippen molar-refractivity contribution in [3.63, 3.8) is 0 Å². The fourth-order valence-corrected chi connectivity index (χ4v) is 3.11. The second-order valence-corrected chi connectivity index (χ2v) is 5.40. The van der Waals surface area contributed by atoms with Gasteiger partial charge in [-0.25, -0.2) is 4.79 Å². The lowest BCUT2D eigenvalue weighted by Gasteiger charge is -2.33. The number of hydrogen-bond donors (Lipinski definition) is 2. The topological polar surface area (TPSA) is 44.4 Å². The van der Waals surface area contributed by atoms with Crippen molar-refractivity contribution < 1.29 is 4.79 Å². The van der Waals surface area contributed by atoms with Crippen LogP contribution in [0.5, 0.6) is 0 Å². The number of nitrogens with one attached hydrogen (secondary N) is 2. The summed E-state index contributed by atoms with van der Waals surface area (Å²) in [6, 6.07) is 1.03. The largest absolute Gasteiger partial charge is 0.333 e. The summed E-state index contributed by atoms with van der Waals surface area (Å²) in [5, 5.41) is 6.55. The molecule has 0 aromatic carbocycles. The Morgan fingerprint density at radius 3 is 2.69 bits per heavy atom. The van der Waals surface area contributed by atoms with Crippen molar-refractivity contribution in [1.82, 2.24) is 15.5 Å². The second-order valence-electron chi connectivity index (χ2n) is 5.40. The van der Waals surface area contributed by atoms with Gasteiger partial charge in [0.05, 0.1) is 6.04 Å². The number of carbonyl (C=O) groups excluding carboxylic acids is 1. The zero-order chi connectivity index (χ0) is 11.0. The summed E-state index contributed by atoms with van der Waals surface area (Å²) in [4.78, 5) is 14.0. The number of urea groups is 1. The first-order valence-electron chi connectivity index (χ1n) is 6.62. The van der Waals surface area contributed by atoms with E-state index in [4.69, 9.17) is 0 Å². The SMILES string of the molecule is O=C1NC(C2CCC2)CN1C1CCCNC1. The van der Waals surface area contributed by atoms with Crippen molar-refractivity contribution in [2.24, 2.45) is 5.92 Å². The summed E-state index contributed by atoms with van der Waals surface area (Å²) in [5.74, 6) is 0.755. The molecule has 0 aromatic rings. The van der Waals surface area contributed by atoms with Crippen LogP contribution in [0.3, 0.4) is 0 Å². The molecule has 3 aliphatic rings. The Morgan fingerprint density at radius 2 is 2.06 bits per heavy atom. The van der Waals surface area contributed by atoms with E-state index >= 15 is 0 Å². The van der Waals surface area contributed by atoms with Crippen LogP contribution in [0.1, 0.15) is 32.1 Å². The molecule has 4 nitrogen and oxygen atoms in total. The molecule has 0 bridgehead atoms. The Kier molecular flexibility index (Phi) is 2.75. The average Bonchev–Trinajstić information content (AvgIpc) is 2.59. The van der Waals surface area contributed by atoms with Gasteiger partial charge in [-0.2, -0.15) is 0 Å². The number of carbonyl (C=O) groups is 1. The first kappa shape index (κ1) is 10.4. The molecule has 90 valence electrons. The van der Waals surface area contributed by atoms with E-state index in [1.165, 1.54) is 25.7 Å². The highest BCUT2D eigenvalue weighted by atomic mass is 16.2. The van der Waals surface area contributed by atoms with Gasteiger partial charge in [0.15, 0.2) is 0 Å². The van der Waals surface area contributed by atoms with Crippen molar-refractivity contribution in [2.45, 2.75) is 44.2 Å². The van der Waals surface area contributed by atoms with Crippen molar-refractivity contribution in [3.05, 3.63) is 0 Å². The maximum absolute atomic E-state index is 11.9. The van der Waals surface area contributed by atoms with Crippen LogP contribution in [0.15, 0.2) is 0 Å². The van der Waals surface area contributed by atoms with E-state index in [1.807, 2.05) is 0 Å². The van der Waals surface area contributed by atoms with Gasteiger partial charge in [0.1, 0.15) is 0 Å². The van der Waals surface area contributed by atoms with Crippen molar-refractivity contribution >= 4 is 6.03 Å². The zero-order valence-corrected chi connectivity index (χ0v) is 9.74. The van der Waals surface area contributed by atoms with Crippen LogP contribution in [0, 0.1) is 5.92 Å². The molecule has 3 rings (SSSR count). The Morgan fingerprint density at radius 1 is 1.19 bits per heavy atom. The fourth-order valence-electron chi connectivity index (χ4n) is 3.11. The molecule has 0 aromatic heterocycles. The van der Waals surface area contributed by atoms with Gasteiger partial charge in [-0.3, -0.25) is 0 Å². The fraction of sp³-hybridized carbons (Fsp3) is 0.917. The number of piperidine rings is 1. The van der Waals surface area contributed by atoms with Gasteiger partial charge < -0.3 is 15.5 Å². The highest BCUT2D eigenvalue weighted by molar-refractivity contribution is 5.77. The lowest BCUT2D eigenvalue weighted by molar-refractivity contribution is 0.179. The van der Waals surface area contributed by atoms with Gasteiger partial charge in [0.2, 0.25) is 0 Å². The van der Waals surface area contributed by atoms with Crippen LogP contribution >= 0.6 is 0 Å². The van der Waals surface area contributed by atoms with Crippen LogP contribution < -0.4 is 10.6 Å². The quantitative estimate of drug-likeness (QED) is 0.731. The third-order valence-corrected chi connectivity index (χ3v) is 4.39. The van der Waals surface area contributed by atoms with E-state index in [0.29, 0.717) is 12.1 Å². The molecule has 4 heteroatoms. The Balaban J connectivity index is 1.60. The zero-order valence-electron chi connectivity index (χ0n) is 9.74. The van der Waals surface area contributed by atoms with E-state index in [0.717, 1.165) is 32.0 Å². The number of nitrogens with zero attached hydrogens (tertiary/aromatic N) is 1. The minimum atomic E-state index is 0.172. The minimum absolute atomic E-state index is 0.172. The van der Waals surface area contributed by atoms with Gasteiger partial charge in [-0.1, -0.05) is 6.42 Å². The first-order chi connectivity index (χ1) is 7.84. The van der Waals surface area contributed by atoms with Gasteiger partial charge >= 0.3 is 6.03 Å².